The maximum atomic E-state index is 13.2. The normalized spacial score (nSPS) is 18.9. The second-order valence-corrected chi connectivity index (χ2v) is 8.48. The third-order valence-electron chi connectivity index (χ3n) is 5.90. The summed E-state index contributed by atoms with van der Waals surface area (Å²) in [4.78, 5) is 39.6. The fourth-order valence-corrected chi connectivity index (χ4v) is 4.04. The minimum atomic E-state index is -1.33. The van der Waals surface area contributed by atoms with E-state index in [4.69, 9.17) is 9.47 Å². The van der Waals surface area contributed by atoms with Gasteiger partial charge in [-0.3, -0.25) is 14.5 Å². The average Bonchev–Trinajstić information content (AvgIpc) is 3.47. The summed E-state index contributed by atoms with van der Waals surface area (Å²) in [6.45, 7) is 5.05. The van der Waals surface area contributed by atoms with Gasteiger partial charge in [0.1, 0.15) is 17.9 Å². The van der Waals surface area contributed by atoms with Crippen LogP contribution in [-0.2, 0) is 15.1 Å². The van der Waals surface area contributed by atoms with Gasteiger partial charge in [-0.15, -0.1) is 0 Å². The van der Waals surface area contributed by atoms with E-state index in [0.717, 1.165) is 16.2 Å². The van der Waals surface area contributed by atoms with Crippen LogP contribution in [0.25, 0.3) is 5.69 Å². The number of benzene rings is 2. The van der Waals surface area contributed by atoms with Crippen molar-refractivity contribution in [1.82, 2.24) is 20.0 Å². The van der Waals surface area contributed by atoms with Crippen molar-refractivity contribution in [2.24, 2.45) is 0 Å². The molecule has 0 aliphatic carbocycles. The molecule has 0 saturated carbocycles. The smallest absolute Gasteiger partial charge is 0.325 e. The summed E-state index contributed by atoms with van der Waals surface area (Å²) in [6.07, 6.45) is 0. The second kappa shape index (κ2) is 7.91. The molecule has 34 heavy (non-hydrogen) atoms. The van der Waals surface area contributed by atoms with Crippen LogP contribution in [0.1, 0.15) is 23.7 Å². The molecule has 174 valence electrons. The van der Waals surface area contributed by atoms with Gasteiger partial charge in [-0.2, -0.15) is 5.10 Å². The Morgan fingerprint density at radius 2 is 1.82 bits per heavy atom. The third-order valence-corrected chi connectivity index (χ3v) is 5.90. The van der Waals surface area contributed by atoms with E-state index in [1.165, 1.54) is 0 Å². The number of anilines is 1. The van der Waals surface area contributed by atoms with Crippen LogP contribution in [0.2, 0.25) is 0 Å². The van der Waals surface area contributed by atoms with Crippen LogP contribution >= 0.6 is 0 Å². The number of aromatic nitrogens is 2. The second-order valence-electron chi connectivity index (χ2n) is 8.48. The number of nitrogens with zero attached hydrogens (tertiary/aromatic N) is 3. The Bertz CT molecular complexity index is 1320. The Morgan fingerprint density at radius 1 is 1.09 bits per heavy atom. The molecular weight excluding hydrogens is 438 g/mol. The first kappa shape index (κ1) is 21.5. The highest BCUT2D eigenvalue weighted by molar-refractivity contribution is 6.10. The van der Waals surface area contributed by atoms with E-state index >= 15 is 0 Å². The maximum Gasteiger partial charge on any atom is 0.325 e. The predicted molar refractivity (Wildman–Crippen MR) is 122 cm³/mol. The topological polar surface area (TPSA) is 115 Å². The van der Waals surface area contributed by atoms with Gasteiger partial charge in [-0.1, -0.05) is 23.8 Å². The highest BCUT2D eigenvalue weighted by Gasteiger charge is 2.50. The standard InChI is InChI=1S/C24H23N5O5/c1-14-4-7-17(8-5-14)29-20(10-15(2)27-29)25-21(30)12-28-22(31)24(3,26-23(28)32)16-6-9-18-19(11-16)34-13-33-18/h4-11H,12-13H2,1-3H3,(H,25,30)(H,26,32)/t24-/m1/s1. The van der Waals surface area contributed by atoms with Gasteiger partial charge in [0.15, 0.2) is 11.5 Å². The minimum absolute atomic E-state index is 0.0980. The summed E-state index contributed by atoms with van der Waals surface area (Å²) in [5.41, 5.74) is 1.78. The lowest BCUT2D eigenvalue weighted by molar-refractivity contribution is -0.133. The lowest BCUT2D eigenvalue weighted by atomic mass is 9.91. The van der Waals surface area contributed by atoms with Crippen molar-refractivity contribution in [3.05, 3.63) is 65.4 Å². The Morgan fingerprint density at radius 3 is 2.59 bits per heavy atom. The zero-order valence-electron chi connectivity index (χ0n) is 18.9. The van der Waals surface area contributed by atoms with E-state index in [2.05, 4.69) is 15.7 Å². The molecule has 3 aromatic rings. The van der Waals surface area contributed by atoms with Gasteiger partial charge in [0.05, 0.1) is 11.4 Å². The van der Waals surface area contributed by atoms with Gasteiger partial charge in [0.2, 0.25) is 12.7 Å². The Balaban J connectivity index is 1.33. The van der Waals surface area contributed by atoms with Crippen LogP contribution in [0.4, 0.5) is 10.6 Å². The minimum Gasteiger partial charge on any atom is -0.454 e. The summed E-state index contributed by atoms with van der Waals surface area (Å²) >= 11 is 0. The molecule has 0 bridgehead atoms. The van der Waals surface area contributed by atoms with Crippen molar-refractivity contribution in [2.75, 3.05) is 18.7 Å². The highest BCUT2D eigenvalue weighted by Crippen LogP contribution is 2.37. The fraction of sp³-hybridized carbons (Fsp3) is 0.250. The number of imide groups is 1. The van der Waals surface area contributed by atoms with Crippen LogP contribution < -0.4 is 20.1 Å². The maximum absolute atomic E-state index is 13.2. The molecule has 0 radical (unpaired) electrons. The summed E-state index contributed by atoms with van der Waals surface area (Å²) in [6, 6.07) is 13.8. The van der Waals surface area contributed by atoms with Gasteiger partial charge >= 0.3 is 6.03 Å². The van der Waals surface area contributed by atoms with Crippen molar-refractivity contribution < 1.29 is 23.9 Å². The highest BCUT2D eigenvalue weighted by atomic mass is 16.7. The number of aryl methyl sites for hydroxylation is 2. The summed E-state index contributed by atoms with van der Waals surface area (Å²) in [7, 11) is 0. The van der Waals surface area contributed by atoms with E-state index in [1.807, 2.05) is 38.1 Å². The number of nitrogens with one attached hydrogen (secondary N) is 2. The molecule has 4 amide bonds. The van der Waals surface area contributed by atoms with Gasteiger partial charge in [-0.25, -0.2) is 9.48 Å². The molecular formula is C24H23N5O5. The van der Waals surface area contributed by atoms with Crippen LogP contribution in [0.5, 0.6) is 11.5 Å². The largest absolute Gasteiger partial charge is 0.454 e. The number of carbonyl (C=O) groups is 3. The van der Waals surface area contributed by atoms with E-state index in [-0.39, 0.29) is 6.79 Å². The number of hydrogen-bond donors (Lipinski definition) is 2. The molecule has 10 nitrogen and oxygen atoms in total. The first-order valence-corrected chi connectivity index (χ1v) is 10.7. The molecule has 10 heteroatoms. The molecule has 2 aliphatic rings. The lowest BCUT2D eigenvalue weighted by Gasteiger charge is -2.22. The zero-order chi connectivity index (χ0) is 24.0. The summed E-state index contributed by atoms with van der Waals surface area (Å²) in [5.74, 6) is 0.455. The van der Waals surface area contributed by atoms with Crippen LogP contribution in [0, 0.1) is 13.8 Å². The average molecular weight is 461 g/mol. The van der Waals surface area contributed by atoms with Crippen LogP contribution in [0.15, 0.2) is 48.5 Å². The molecule has 1 aromatic heterocycles. The first-order valence-electron chi connectivity index (χ1n) is 10.7. The van der Waals surface area contributed by atoms with Gasteiger partial charge in [-0.05, 0) is 50.6 Å². The predicted octanol–water partition coefficient (Wildman–Crippen LogP) is 2.62. The monoisotopic (exact) mass is 461 g/mol. The molecule has 2 aromatic carbocycles. The number of rotatable bonds is 5. The lowest BCUT2D eigenvalue weighted by Crippen LogP contribution is -2.42. The number of amides is 4. The van der Waals surface area contributed by atoms with E-state index in [9.17, 15) is 14.4 Å². The van der Waals surface area contributed by atoms with Crippen molar-refractivity contribution in [3.8, 4) is 17.2 Å². The molecule has 1 fully saturated rings. The Labute approximate surface area is 195 Å². The van der Waals surface area contributed by atoms with Crippen molar-refractivity contribution in [3.63, 3.8) is 0 Å². The summed E-state index contributed by atoms with van der Waals surface area (Å²) < 4.78 is 12.3. The van der Waals surface area contributed by atoms with Crippen LogP contribution in [0.3, 0.4) is 0 Å². The quantitative estimate of drug-likeness (QED) is 0.565. The zero-order valence-corrected chi connectivity index (χ0v) is 18.9. The molecule has 2 aliphatic heterocycles. The van der Waals surface area contributed by atoms with Crippen molar-refractivity contribution >= 4 is 23.7 Å². The third kappa shape index (κ3) is 3.62. The molecule has 0 unspecified atom stereocenters. The van der Waals surface area contributed by atoms with Crippen LogP contribution in [-0.4, -0.2) is 45.9 Å². The summed E-state index contributed by atoms with van der Waals surface area (Å²) in [5, 5.41) is 9.90. The molecule has 2 N–H and O–H groups in total. The molecule has 5 rings (SSSR count). The number of fused-ring (bicyclic) bond motifs is 1. The molecule has 0 spiro atoms. The van der Waals surface area contributed by atoms with E-state index in [0.29, 0.717) is 28.6 Å². The fourth-order valence-electron chi connectivity index (χ4n) is 4.04. The first-order chi connectivity index (χ1) is 16.2. The molecule has 1 atom stereocenters. The van der Waals surface area contributed by atoms with Gasteiger partial charge < -0.3 is 20.1 Å². The number of hydrogen-bond acceptors (Lipinski definition) is 6. The Hall–Kier alpha value is -4.34. The molecule has 3 heterocycles. The molecule has 1 saturated heterocycles. The SMILES string of the molecule is Cc1ccc(-n2nc(C)cc2NC(=O)CN2C(=O)N[C@](C)(c3ccc4c(c3)OCO4)C2=O)cc1. The van der Waals surface area contributed by atoms with E-state index in [1.54, 1.807) is 35.9 Å². The van der Waals surface area contributed by atoms with Gasteiger partial charge in [0, 0.05) is 6.07 Å². The Kier molecular flexibility index (Phi) is 5.00. The number of ether oxygens (including phenoxy) is 2. The number of carbonyl (C=O) groups excluding carboxylic acids is 3. The van der Waals surface area contributed by atoms with Gasteiger partial charge in [0.25, 0.3) is 5.91 Å². The van der Waals surface area contributed by atoms with Crippen molar-refractivity contribution in [2.45, 2.75) is 26.3 Å². The number of urea groups is 1. The van der Waals surface area contributed by atoms with E-state index < -0.39 is 29.9 Å². The van der Waals surface area contributed by atoms with Crippen molar-refractivity contribution in [1.29, 1.82) is 0 Å².